The molecule has 0 aromatic heterocycles. The zero-order chi connectivity index (χ0) is 15.4. The van der Waals surface area contributed by atoms with Crippen LogP contribution in [0.25, 0.3) is 5.73 Å². The molecule has 0 aromatic rings. The number of nitrogens with zero attached hydrogens (tertiary/aromatic N) is 2. The Morgan fingerprint density at radius 1 is 0.722 bits per heavy atom. The Hall–Kier alpha value is 0.828. The van der Waals surface area contributed by atoms with Gasteiger partial charge in [0.25, 0.3) is 0 Å². The summed E-state index contributed by atoms with van der Waals surface area (Å²) in [5, 5.41) is 0. The average molecular weight is 469 g/mol. The predicted molar refractivity (Wildman–Crippen MR) is 80.1 cm³/mol. The Balaban J connectivity index is 0. The van der Waals surface area contributed by atoms with E-state index in [0.29, 0.717) is 0 Å². The molecular weight excluding hydrogens is 441 g/mol. The summed E-state index contributed by atoms with van der Waals surface area (Å²) in [5.41, 5.74) is 6.31. The summed E-state index contributed by atoms with van der Waals surface area (Å²) in [6, 6.07) is 0. The molecule has 0 spiro atoms. The molecule has 1 N–H and O–H groups in total. The standard InChI is InChI=1S/C4H10N.2C4H9N.2ClH.W/c3*1-4(2,3)5;;;/h5H,1-3H3;2*1-3H3;2*1H;/q-1;;;;;+2/p-2. The second-order valence-electron chi connectivity index (χ2n) is 7.19. The molecule has 0 rings (SSSR count). The molecule has 0 aliphatic carbocycles. The minimum atomic E-state index is -3.50. The first-order chi connectivity index (χ1) is 7.41. The van der Waals surface area contributed by atoms with Crippen molar-refractivity contribution in [1.29, 1.82) is 0 Å². The molecule has 0 bridgehead atoms. The zero-order valence-electron chi connectivity index (χ0n) is 13.1. The maximum atomic E-state index is 6.94. The van der Waals surface area contributed by atoms with Crippen LogP contribution in [0.4, 0.5) is 0 Å². The Morgan fingerprint density at radius 2 is 0.889 bits per heavy atom. The van der Waals surface area contributed by atoms with Crippen LogP contribution in [0.1, 0.15) is 62.3 Å². The second-order valence-corrected chi connectivity index (χ2v) is 19.8. The van der Waals surface area contributed by atoms with Gasteiger partial charge in [-0.25, -0.2) is 0 Å². The molecule has 0 aromatic carbocycles. The number of rotatable bonds is 0. The zero-order valence-corrected chi connectivity index (χ0v) is 17.5. The van der Waals surface area contributed by atoms with E-state index in [2.05, 4.69) is 6.99 Å². The van der Waals surface area contributed by atoms with E-state index in [1.807, 2.05) is 62.3 Å². The van der Waals surface area contributed by atoms with Crippen molar-refractivity contribution in [1.82, 2.24) is 0 Å². The summed E-state index contributed by atoms with van der Waals surface area (Å²) < 4.78 is 8.80. The average Bonchev–Trinajstić information content (AvgIpc) is 1.64. The van der Waals surface area contributed by atoms with Crippen molar-refractivity contribution in [2.75, 3.05) is 0 Å². The molecule has 0 saturated carbocycles. The van der Waals surface area contributed by atoms with Gasteiger partial charge in [0, 0.05) is 0 Å². The second kappa shape index (κ2) is 7.01. The van der Waals surface area contributed by atoms with Gasteiger partial charge in [-0.1, -0.05) is 20.8 Å². The number of nitrogens with one attached hydrogen (secondary N) is 1. The van der Waals surface area contributed by atoms with E-state index in [9.17, 15) is 0 Å². The number of hydrogen-bond donors (Lipinski definition) is 0. The number of hydrogen-bond acceptors (Lipinski definition) is 2. The summed E-state index contributed by atoms with van der Waals surface area (Å²) in [7, 11) is 12.3. The monoisotopic (exact) mass is 468 g/mol. The van der Waals surface area contributed by atoms with Crippen molar-refractivity contribution in [3.63, 3.8) is 0 Å². The molecule has 0 aliphatic rings. The van der Waals surface area contributed by atoms with E-state index in [1.54, 1.807) is 0 Å². The topological polar surface area (TPSA) is 48.5 Å². The molecule has 0 radical (unpaired) electrons. The van der Waals surface area contributed by atoms with Gasteiger partial charge in [0.2, 0.25) is 0 Å². The van der Waals surface area contributed by atoms with Crippen LogP contribution < -0.4 is 0 Å². The first-order valence-corrected chi connectivity index (χ1v) is 15.8. The Kier molecular flexibility index (Phi) is 8.24. The first-order valence-electron chi connectivity index (χ1n) is 5.87. The molecule has 0 aliphatic heterocycles. The van der Waals surface area contributed by atoms with Gasteiger partial charge in [0.05, 0.1) is 0 Å². The van der Waals surface area contributed by atoms with Crippen molar-refractivity contribution < 1.29 is 13.6 Å². The molecule has 3 nitrogen and oxygen atoms in total. The Morgan fingerprint density at radius 3 is 1.00 bits per heavy atom. The summed E-state index contributed by atoms with van der Waals surface area (Å²) in [6.07, 6.45) is 0. The fourth-order valence-corrected chi connectivity index (χ4v) is 12.3. The number of halogens is 2. The van der Waals surface area contributed by atoms with Crippen LogP contribution in [0.15, 0.2) is 6.99 Å². The van der Waals surface area contributed by atoms with Crippen molar-refractivity contribution in [3.05, 3.63) is 5.73 Å². The SMILES string of the molecule is CC(C)(C)[NH-].CC(C)(C)[N]=[W]([Cl])([Cl])=[N]C(C)(C)C. The van der Waals surface area contributed by atoms with Crippen LogP contribution in [0.3, 0.4) is 0 Å². The van der Waals surface area contributed by atoms with Crippen molar-refractivity contribution >= 4 is 18.8 Å². The van der Waals surface area contributed by atoms with E-state index < -0.39 is 13.6 Å². The van der Waals surface area contributed by atoms with E-state index in [1.165, 1.54) is 0 Å². The predicted octanol–water partition coefficient (Wildman–Crippen LogP) is 6.25. The summed E-state index contributed by atoms with van der Waals surface area (Å²) >= 11 is -3.50. The van der Waals surface area contributed by atoms with Gasteiger partial charge in [-0.05, 0) is 0 Å². The third-order valence-electron chi connectivity index (χ3n) is 0.767. The molecule has 0 heterocycles. The minimum absolute atomic E-state index is 0.187. The molecule has 0 amide bonds. The van der Waals surface area contributed by atoms with Crippen LogP contribution in [0, 0.1) is 0 Å². The van der Waals surface area contributed by atoms with E-state index in [-0.39, 0.29) is 16.6 Å². The van der Waals surface area contributed by atoms with Gasteiger partial charge in [-0.2, -0.15) is 0 Å². The quantitative estimate of drug-likeness (QED) is 0.403. The van der Waals surface area contributed by atoms with Crippen molar-refractivity contribution in [2.45, 2.75) is 78.9 Å². The molecule has 6 heteroatoms. The van der Waals surface area contributed by atoms with E-state index in [0.717, 1.165) is 0 Å². The molecule has 0 unspecified atom stereocenters. The van der Waals surface area contributed by atoms with Gasteiger partial charge in [-0.3, -0.25) is 0 Å². The van der Waals surface area contributed by atoms with Crippen LogP contribution in [0.2, 0.25) is 0 Å². The van der Waals surface area contributed by atoms with Gasteiger partial charge in [0.15, 0.2) is 0 Å². The van der Waals surface area contributed by atoms with Gasteiger partial charge >= 0.3 is 92.1 Å². The molecule has 18 heavy (non-hydrogen) atoms. The maximum absolute atomic E-state index is 6.94. The van der Waals surface area contributed by atoms with Crippen LogP contribution >= 0.6 is 18.8 Å². The molecular formula is C12H28Cl2N3W-. The van der Waals surface area contributed by atoms with Gasteiger partial charge in [0.1, 0.15) is 0 Å². The van der Waals surface area contributed by atoms with E-state index in [4.69, 9.17) is 24.6 Å². The summed E-state index contributed by atoms with van der Waals surface area (Å²) in [4.78, 5) is 0. The molecule has 0 atom stereocenters. The molecule has 0 fully saturated rings. The van der Waals surface area contributed by atoms with Crippen LogP contribution in [0.5, 0.6) is 0 Å². The van der Waals surface area contributed by atoms with Crippen molar-refractivity contribution in [3.8, 4) is 0 Å². The Bertz CT molecular complexity index is 322. The fraction of sp³-hybridized carbons (Fsp3) is 1.00. The van der Waals surface area contributed by atoms with E-state index >= 15 is 0 Å². The van der Waals surface area contributed by atoms with Crippen molar-refractivity contribution in [2.24, 2.45) is 6.99 Å². The van der Waals surface area contributed by atoms with Crippen LogP contribution in [-0.4, -0.2) is 16.6 Å². The first kappa shape index (κ1) is 21.1. The third-order valence-corrected chi connectivity index (χ3v) is 8.54. The molecule has 0 saturated heterocycles. The van der Waals surface area contributed by atoms with Crippen LogP contribution in [-0.2, 0) is 13.6 Å². The Labute approximate surface area is 124 Å². The third kappa shape index (κ3) is 25.6. The fourth-order valence-electron chi connectivity index (χ4n) is 0.679. The normalized spacial score (nSPS) is 13.6. The summed E-state index contributed by atoms with van der Waals surface area (Å²) in [5.74, 6) is 0. The van der Waals surface area contributed by atoms with Gasteiger partial charge < -0.3 is 5.73 Å². The molecule has 112 valence electrons. The summed E-state index contributed by atoms with van der Waals surface area (Å²) in [6.45, 7) is 17.5. The van der Waals surface area contributed by atoms with Gasteiger partial charge in [-0.15, -0.1) is 5.54 Å².